The van der Waals surface area contributed by atoms with E-state index in [0.717, 1.165) is 21.3 Å². The third-order valence-corrected chi connectivity index (χ3v) is 5.12. The van der Waals surface area contributed by atoms with Crippen LogP contribution in [0.2, 0.25) is 0 Å². The van der Waals surface area contributed by atoms with Gasteiger partial charge in [0.05, 0.1) is 11.6 Å². The van der Waals surface area contributed by atoms with E-state index in [9.17, 15) is 4.39 Å². The number of benzene rings is 1. The van der Waals surface area contributed by atoms with Crippen LogP contribution in [0.15, 0.2) is 54.3 Å². The third kappa shape index (κ3) is 3.15. The van der Waals surface area contributed by atoms with Gasteiger partial charge in [0.2, 0.25) is 0 Å². The van der Waals surface area contributed by atoms with E-state index in [1.165, 1.54) is 24.2 Å². The number of thiophene rings is 1. The molecule has 0 bridgehead atoms. The van der Waals surface area contributed by atoms with Crippen molar-refractivity contribution < 1.29 is 4.39 Å². The number of halogens is 1. The first kappa shape index (κ1) is 16.6. The Morgan fingerprint density at radius 2 is 1.81 bits per heavy atom. The average Bonchev–Trinajstić information content (AvgIpc) is 3.09. The molecule has 0 fully saturated rings. The van der Waals surface area contributed by atoms with Crippen molar-refractivity contribution in [1.82, 2.24) is 15.0 Å². The molecule has 4 rings (SSSR count). The zero-order chi connectivity index (χ0) is 18.1. The molecule has 0 aliphatic rings. The van der Waals surface area contributed by atoms with E-state index in [1.54, 1.807) is 17.4 Å². The second kappa shape index (κ2) is 6.80. The van der Waals surface area contributed by atoms with Crippen LogP contribution in [0.1, 0.15) is 25.3 Å². The van der Waals surface area contributed by atoms with Crippen LogP contribution >= 0.6 is 11.3 Å². The number of aromatic nitrogens is 3. The fourth-order valence-corrected chi connectivity index (χ4v) is 3.72. The van der Waals surface area contributed by atoms with E-state index < -0.39 is 0 Å². The number of nitrogens with one attached hydrogen (secondary N) is 1. The van der Waals surface area contributed by atoms with Gasteiger partial charge in [-0.3, -0.25) is 0 Å². The highest BCUT2D eigenvalue weighted by atomic mass is 32.1. The molecule has 4 nitrogen and oxygen atoms in total. The Balaban J connectivity index is 1.77. The predicted octanol–water partition coefficient (Wildman–Crippen LogP) is 5.76. The van der Waals surface area contributed by atoms with Crippen LogP contribution in [0.3, 0.4) is 0 Å². The molecule has 0 radical (unpaired) electrons. The Morgan fingerprint density at radius 1 is 1.00 bits per heavy atom. The second-order valence-electron chi connectivity index (χ2n) is 6.32. The maximum Gasteiger partial charge on any atom is 0.144 e. The summed E-state index contributed by atoms with van der Waals surface area (Å²) in [6, 6.07) is 11.5. The van der Waals surface area contributed by atoms with Crippen molar-refractivity contribution in [2.24, 2.45) is 0 Å². The van der Waals surface area contributed by atoms with Gasteiger partial charge in [-0.2, -0.15) is 0 Å². The summed E-state index contributed by atoms with van der Waals surface area (Å²) in [5.74, 6) is 1.33. The van der Waals surface area contributed by atoms with E-state index in [4.69, 9.17) is 0 Å². The van der Waals surface area contributed by atoms with E-state index >= 15 is 0 Å². The smallest absolute Gasteiger partial charge is 0.144 e. The molecule has 26 heavy (non-hydrogen) atoms. The van der Waals surface area contributed by atoms with Crippen LogP contribution in [0.5, 0.6) is 0 Å². The van der Waals surface area contributed by atoms with Gasteiger partial charge in [0, 0.05) is 10.9 Å². The first-order chi connectivity index (χ1) is 12.6. The minimum absolute atomic E-state index is 0.371. The Bertz CT molecular complexity index is 1040. The number of rotatable bonds is 4. The summed E-state index contributed by atoms with van der Waals surface area (Å²) in [4.78, 5) is 13.7. The molecule has 1 aromatic carbocycles. The van der Waals surface area contributed by atoms with Crippen LogP contribution in [-0.2, 0) is 0 Å². The molecule has 0 aliphatic carbocycles. The molecule has 6 heteroatoms. The molecule has 4 aromatic rings. The lowest BCUT2D eigenvalue weighted by atomic mass is 9.99. The fourth-order valence-electron chi connectivity index (χ4n) is 2.80. The Labute approximate surface area is 154 Å². The van der Waals surface area contributed by atoms with Crippen LogP contribution in [0.25, 0.3) is 21.3 Å². The minimum atomic E-state index is -0.371. The molecule has 0 amide bonds. The van der Waals surface area contributed by atoms with Gasteiger partial charge in [0.15, 0.2) is 0 Å². The van der Waals surface area contributed by atoms with Gasteiger partial charge < -0.3 is 5.32 Å². The quantitative estimate of drug-likeness (QED) is 0.500. The minimum Gasteiger partial charge on any atom is -0.324 e. The van der Waals surface area contributed by atoms with Crippen molar-refractivity contribution >= 4 is 33.2 Å². The number of hydrogen-bond donors (Lipinski definition) is 1. The molecule has 0 saturated carbocycles. The molecular formula is C20H17FN4S. The maximum absolute atomic E-state index is 13.1. The summed E-state index contributed by atoms with van der Waals surface area (Å²) >= 11 is 1.57. The zero-order valence-electron chi connectivity index (χ0n) is 14.4. The molecule has 0 aliphatic heterocycles. The number of nitrogens with zero attached hydrogens (tertiary/aromatic N) is 3. The first-order valence-electron chi connectivity index (χ1n) is 8.33. The fraction of sp³-hybridized carbons (Fsp3) is 0.150. The van der Waals surface area contributed by atoms with Crippen molar-refractivity contribution in [1.29, 1.82) is 0 Å². The predicted molar refractivity (Wildman–Crippen MR) is 104 cm³/mol. The standard InChI is InChI=1S/C20H17FN4S/c1-12(2)13-3-5-14(6-4-13)16-10-26-20-18(16)19(23-11-24-20)25-17-8-7-15(21)9-22-17/h3-12H,1-2H3,(H,22,23,24,25). The number of fused-ring (bicyclic) bond motifs is 1. The van der Waals surface area contributed by atoms with Crippen molar-refractivity contribution in [3.8, 4) is 11.1 Å². The van der Waals surface area contributed by atoms with Gasteiger partial charge in [0.25, 0.3) is 0 Å². The van der Waals surface area contributed by atoms with Crippen molar-refractivity contribution in [3.05, 3.63) is 65.7 Å². The average molecular weight is 364 g/mol. The van der Waals surface area contributed by atoms with Crippen LogP contribution < -0.4 is 5.32 Å². The van der Waals surface area contributed by atoms with Crippen LogP contribution in [0, 0.1) is 5.82 Å². The van der Waals surface area contributed by atoms with Crippen molar-refractivity contribution in [2.75, 3.05) is 5.32 Å². The molecule has 3 heterocycles. The lowest BCUT2D eigenvalue weighted by Gasteiger charge is -2.09. The van der Waals surface area contributed by atoms with Gasteiger partial charge in [0.1, 0.15) is 28.6 Å². The summed E-state index contributed by atoms with van der Waals surface area (Å²) in [6.45, 7) is 4.36. The molecular weight excluding hydrogens is 347 g/mol. The zero-order valence-corrected chi connectivity index (χ0v) is 15.2. The lowest BCUT2D eigenvalue weighted by molar-refractivity contribution is 0.622. The monoisotopic (exact) mass is 364 g/mol. The van der Waals surface area contributed by atoms with E-state index in [0.29, 0.717) is 17.6 Å². The van der Waals surface area contributed by atoms with Gasteiger partial charge in [-0.05, 0) is 29.2 Å². The Morgan fingerprint density at radius 3 is 2.50 bits per heavy atom. The van der Waals surface area contributed by atoms with E-state index in [2.05, 4.69) is 63.8 Å². The molecule has 3 aromatic heterocycles. The molecule has 130 valence electrons. The molecule has 1 N–H and O–H groups in total. The summed E-state index contributed by atoms with van der Waals surface area (Å²) in [5, 5.41) is 6.21. The Hall–Kier alpha value is -2.86. The van der Waals surface area contributed by atoms with Gasteiger partial charge in [-0.1, -0.05) is 38.1 Å². The maximum atomic E-state index is 13.1. The van der Waals surface area contributed by atoms with Gasteiger partial charge in [-0.15, -0.1) is 11.3 Å². The summed E-state index contributed by atoms with van der Waals surface area (Å²) in [7, 11) is 0. The molecule has 0 spiro atoms. The Kier molecular flexibility index (Phi) is 4.34. The molecule has 0 atom stereocenters. The first-order valence-corrected chi connectivity index (χ1v) is 9.21. The van der Waals surface area contributed by atoms with Gasteiger partial charge in [-0.25, -0.2) is 19.3 Å². The highest BCUT2D eigenvalue weighted by Crippen LogP contribution is 2.37. The van der Waals surface area contributed by atoms with Crippen molar-refractivity contribution in [3.63, 3.8) is 0 Å². The third-order valence-electron chi connectivity index (χ3n) is 4.23. The van der Waals surface area contributed by atoms with E-state index in [-0.39, 0.29) is 5.82 Å². The summed E-state index contributed by atoms with van der Waals surface area (Å²) in [5.41, 5.74) is 3.49. The lowest BCUT2D eigenvalue weighted by Crippen LogP contribution is -1.97. The molecule has 0 saturated heterocycles. The molecule has 0 unspecified atom stereocenters. The summed E-state index contributed by atoms with van der Waals surface area (Å²) in [6.07, 6.45) is 2.70. The highest BCUT2D eigenvalue weighted by Gasteiger charge is 2.14. The number of pyridine rings is 1. The topological polar surface area (TPSA) is 50.7 Å². The van der Waals surface area contributed by atoms with Crippen LogP contribution in [0.4, 0.5) is 16.0 Å². The largest absolute Gasteiger partial charge is 0.324 e. The van der Waals surface area contributed by atoms with E-state index in [1.807, 2.05) is 0 Å². The SMILES string of the molecule is CC(C)c1ccc(-c2csc3ncnc(Nc4ccc(F)cn4)c23)cc1. The number of anilines is 2. The normalized spacial score (nSPS) is 11.2. The summed E-state index contributed by atoms with van der Waals surface area (Å²) < 4.78 is 13.1. The van der Waals surface area contributed by atoms with Crippen molar-refractivity contribution in [2.45, 2.75) is 19.8 Å². The second-order valence-corrected chi connectivity index (χ2v) is 7.17. The number of hydrogen-bond acceptors (Lipinski definition) is 5. The highest BCUT2D eigenvalue weighted by molar-refractivity contribution is 7.17. The van der Waals surface area contributed by atoms with Gasteiger partial charge >= 0.3 is 0 Å². The van der Waals surface area contributed by atoms with Crippen LogP contribution in [-0.4, -0.2) is 15.0 Å².